The quantitative estimate of drug-likeness (QED) is 0.249. The smallest absolute Gasteiger partial charge is 0.269 e. The molecule has 0 N–H and O–H groups in total. The molecule has 0 amide bonds. The molecule has 0 unspecified atom stereocenters. The third-order valence-electron chi connectivity index (χ3n) is 6.03. The molecule has 2 aromatic carbocycles. The third-order valence-corrected chi connectivity index (χ3v) is 6.03. The fourth-order valence-electron chi connectivity index (χ4n) is 4.35. The Morgan fingerprint density at radius 2 is 1.31 bits per heavy atom. The van der Waals surface area contributed by atoms with Gasteiger partial charge in [-0.3, -0.25) is 0 Å². The van der Waals surface area contributed by atoms with Crippen LogP contribution in [-0.4, -0.2) is 9.13 Å². The molecule has 1 aliphatic rings. The molecule has 2 aromatic heterocycles. The first kappa shape index (κ1) is 21.8. The van der Waals surface area contributed by atoms with Gasteiger partial charge in [-0.05, 0) is 54.2 Å². The van der Waals surface area contributed by atoms with Crippen molar-refractivity contribution in [3.63, 3.8) is 0 Å². The number of aromatic nitrogens is 2. The highest BCUT2D eigenvalue weighted by molar-refractivity contribution is 5.90. The van der Waals surface area contributed by atoms with Crippen molar-refractivity contribution in [2.75, 3.05) is 0 Å². The molecule has 5 rings (SSSR count). The molecule has 0 saturated carbocycles. The monoisotopic (exact) mass is 454 g/mol. The highest BCUT2D eigenvalue weighted by atomic mass is 16.5. The van der Waals surface area contributed by atoms with Gasteiger partial charge in [0.1, 0.15) is 11.5 Å². The Labute approximate surface area is 203 Å². The average Bonchev–Trinajstić information content (AvgIpc) is 3.38. The van der Waals surface area contributed by atoms with E-state index in [9.17, 15) is 5.26 Å². The van der Waals surface area contributed by atoms with E-state index in [4.69, 9.17) is 11.3 Å². The number of benzene rings is 2. The van der Waals surface area contributed by atoms with E-state index in [1.165, 1.54) is 0 Å². The molecule has 3 heterocycles. The summed E-state index contributed by atoms with van der Waals surface area (Å²) in [6.07, 6.45) is 15.3. The van der Waals surface area contributed by atoms with E-state index in [0.717, 1.165) is 32.9 Å². The van der Waals surface area contributed by atoms with Crippen LogP contribution in [0.1, 0.15) is 11.1 Å². The Hall–Kier alpha value is -5.00. The predicted octanol–water partition coefficient (Wildman–Crippen LogP) is 6.89. The lowest BCUT2D eigenvalue weighted by Gasteiger charge is -2.14. The summed E-state index contributed by atoms with van der Waals surface area (Å²) in [6.45, 7) is 7.39. The molecular weight excluding hydrogens is 432 g/mol. The SMILES string of the molecule is [C-]#[N+]C(C#N)=C1C=C(/C=C/c2cn(C)c3ccccc23)OC(/C=C/c2cn(C)c3ccccc23)=C1. The summed E-state index contributed by atoms with van der Waals surface area (Å²) < 4.78 is 10.3. The lowest BCUT2D eigenvalue weighted by atomic mass is 10.1. The van der Waals surface area contributed by atoms with Crippen molar-refractivity contribution >= 4 is 34.0 Å². The Bertz CT molecular complexity index is 1580. The topological polar surface area (TPSA) is 47.2 Å². The molecule has 0 atom stereocenters. The van der Waals surface area contributed by atoms with E-state index < -0.39 is 0 Å². The maximum absolute atomic E-state index is 9.45. The lowest BCUT2D eigenvalue weighted by molar-refractivity contribution is 0.332. The van der Waals surface area contributed by atoms with Crippen LogP contribution < -0.4 is 0 Å². The molecule has 5 nitrogen and oxygen atoms in total. The number of hydrogen-bond acceptors (Lipinski definition) is 2. The second kappa shape index (κ2) is 9.09. The number of ether oxygens (including phenoxy) is 1. The summed E-state index contributed by atoms with van der Waals surface area (Å²) in [4.78, 5) is 3.39. The van der Waals surface area contributed by atoms with Crippen molar-refractivity contribution < 1.29 is 4.74 Å². The van der Waals surface area contributed by atoms with Gasteiger partial charge in [0.25, 0.3) is 5.70 Å². The Kier molecular flexibility index (Phi) is 5.67. The van der Waals surface area contributed by atoms with E-state index in [1.807, 2.05) is 68.7 Å². The molecular formula is C30H22N4O. The number of para-hydroxylation sites is 2. The number of rotatable bonds is 4. The van der Waals surface area contributed by atoms with Crippen LogP contribution >= 0.6 is 0 Å². The van der Waals surface area contributed by atoms with Crippen LogP contribution in [0.5, 0.6) is 0 Å². The van der Waals surface area contributed by atoms with E-state index >= 15 is 0 Å². The molecule has 0 saturated heterocycles. The highest BCUT2D eigenvalue weighted by Crippen LogP contribution is 2.28. The molecule has 0 radical (unpaired) electrons. The van der Waals surface area contributed by atoms with E-state index in [0.29, 0.717) is 17.1 Å². The van der Waals surface area contributed by atoms with Gasteiger partial charge in [-0.2, -0.15) is 0 Å². The Balaban J connectivity index is 1.50. The Morgan fingerprint density at radius 1 is 0.829 bits per heavy atom. The molecule has 0 aliphatic carbocycles. The first-order valence-electron chi connectivity index (χ1n) is 11.1. The second-order valence-corrected chi connectivity index (χ2v) is 8.31. The second-order valence-electron chi connectivity index (χ2n) is 8.31. The zero-order valence-electron chi connectivity index (χ0n) is 19.4. The zero-order valence-corrected chi connectivity index (χ0v) is 19.4. The van der Waals surface area contributed by atoms with Crippen LogP contribution in [0.15, 0.2) is 108 Å². The minimum absolute atomic E-state index is 0.0282. The van der Waals surface area contributed by atoms with Crippen LogP contribution in [-0.2, 0) is 18.8 Å². The summed E-state index contributed by atoms with van der Waals surface area (Å²) in [5.41, 5.74) is 4.97. The molecule has 4 aromatic rings. The molecule has 0 fully saturated rings. The first-order chi connectivity index (χ1) is 17.1. The lowest BCUT2D eigenvalue weighted by Crippen LogP contribution is -1.98. The number of aryl methyl sites for hydroxylation is 2. The maximum Gasteiger partial charge on any atom is 0.269 e. The van der Waals surface area contributed by atoms with Gasteiger partial charge in [-0.25, -0.2) is 10.1 Å². The van der Waals surface area contributed by atoms with E-state index in [2.05, 4.69) is 50.6 Å². The third kappa shape index (κ3) is 4.19. The van der Waals surface area contributed by atoms with Crippen molar-refractivity contribution in [3.05, 3.63) is 131 Å². The molecule has 1 aliphatic heterocycles. The van der Waals surface area contributed by atoms with Crippen molar-refractivity contribution in [2.45, 2.75) is 0 Å². The average molecular weight is 455 g/mol. The molecule has 35 heavy (non-hydrogen) atoms. The van der Waals surface area contributed by atoms with Crippen molar-refractivity contribution in [1.82, 2.24) is 9.13 Å². The predicted molar refractivity (Wildman–Crippen MR) is 140 cm³/mol. The molecule has 0 spiro atoms. The van der Waals surface area contributed by atoms with Gasteiger partial charge < -0.3 is 13.9 Å². The minimum atomic E-state index is 0.0282. The van der Waals surface area contributed by atoms with Crippen LogP contribution in [0, 0.1) is 17.9 Å². The van der Waals surface area contributed by atoms with Gasteiger partial charge in [0.15, 0.2) is 0 Å². The Morgan fingerprint density at radius 3 is 1.77 bits per heavy atom. The van der Waals surface area contributed by atoms with Gasteiger partial charge in [0.05, 0.1) is 12.6 Å². The number of hydrogen-bond donors (Lipinski definition) is 0. The van der Waals surface area contributed by atoms with Crippen LogP contribution in [0.4, 0.5) is 0 Å². The van der Waals surface area contributed by atoms with E-state index in [-0.39, 0.29) is 5.70 Å². The van der Waals surface area contributed by atoms with Gasteiger partial charge in [0.2, 0.25) is 0 Å². The van der Waals surface area contributed by atoms with Crippen molar-refractivity contribution in [1.29, 1.82) is 5.26 Å². The van der Waals surface area contributed by atoms with E-state index in [1.54, 1.807) is 12.2 Å². The van der Waals surface area contributed by atoms with Crippen molar-refractivity contribution in [3.8, 4) is 6.07 Å². The van der Waals surface area contributed by atoms with Crippen LogP contribution in [0.25, 0.3) is 38.8 Å². The van der Waals surface area contributed by atoms with Crippen molar-refractivity contribution in [2.24, 2.45) is 14.1 Å². The number of allylic oxidation sites excluding steroid dienone is 6. The highest BCUT2D eigenvalue weighted by Gasteiger charge is 2.13. The van der Waals surface area contributed by atoms with Gasteiger partial charge in [-0.15, -0.1) is 0 Å². The molecule has 168 valence electrons. The number of fused-ring (bicyclic) bond motifs is 2. The minimum Gasteiger partial charge on any atom is -0.457 e. The normalized spacial score (nSPS) is 13.7. The summed E-state index contributed by atoms with van der Waals surface area (Å²) in [5.74, 6) is 1.12. The fraction of sp³-hybridized carbons (Fsp3) is 0.0667. The summed E-state index contributed by atoms with van der Waals surface area (Å²) in [5, 5.41) is 11.7. The standard InChI is InChI=1S/C30H22N4O/c1-32-28(18-31)23-16-24(14-12-21-19-33(2)29-10-6-4-8-26(21)29)35-25(17-23)15-13-22-20-34(3)30-11-7-5-9-27(22)30/h4-17,19-20H,2-3H3/b14-12+,15-13+. The van der Waals surface area contributed by atoms with Gasteiger partial charge in [0, 0.05) is 59.4 Å². The molecule has 5 heteroatoms. The largest absolute Gasteiger partial charge is 0.457 e. The number of nitrogens with zero attached hydrogens (tertiary/aromatic N) is 4. The van der Waals surface area contributed by atoms with Gasteiger partial charge in [-0.1, -0.05) is 36.4 Å². The fourth-order valence-corrected chi connectivity index (χ4v) is 4.35. The number of nitriles is 1. The zero-order chi connectivity index (χ0) is 24.4. The first-order valence-corrected chi connectivity index (χ1v) is 11.1. The van der Waals surface area contributed by atoms with Crippen LogP contribution in [0.2, 0.25) is 0 Å². The summed E-state index contributed by atoms with van der Waals surface area (Å²) in [7, 11) is 4.04. The molecule has 0 bridgehead atoms. The summed E-state index contributed by atoms with van der Waals surface area (Å²) in [6, 6.07) is 18.4. The van der Waals surface area contributed by atoms with Gasteiger partial charge >= 0.3 is 0 Å². The van der Waals surface area contributed by atoms with Crippen LogP contribution in [0.3, 0.4) is 0 Å². The maximum atomic E-state index is 9.45. The summed E-state index contributed by atoms with van der Waals surface area (Å²) >= 11 is 0.